The lowest BCUT2D eigenvalue weighted by atomic mass is 10.0. The lowest BCUT2D eigenvalue weighted by Crippen LogP contribution is -2.41. The normalized spacial score (nSPS) is 18.6. The number of anilines is 1. The fourth-order valence-electron chi connectivity index (χ4n) is 2.87. The van der Waals surface area contributed by atoms with Crippen LogP contribution in [0, 0.1) is 5.41 Å². The summed E-state index contributed by atoms with van der Waals surface area (Å²) >= 11 is 0. The van der Waals surface area contributed by atoms with E-state index in [0.717, 1.165) is 42.5 Å². The molecule has 0 heterocycles. The third kappa shape index (κ3) is 2.74. The Morgan fingerprint density at radius 1 is 1.09 bits per heavy atom. The van der Waals surface area contributed by atoms with E-state index in [2.05, 4.69) is 24.5 Å². The first-order chi connectivity index (χ1) is 10.6. The standard InChI is InChI=1S/C18H24N2O2/c1-3-12-6-5-7-13(4-2)15(12)20-17(22)18(10-11-18)16(21)19-14-8-9-14/h5-7,14H,3-4,8-11H2,1-2H3,(H,19,21)(H,20,22). The molecule has 0 aromatic heterocycles. The first-order valence-electron chi connectivity index (χ1n) is 8.34. The van der Waals surface area contributed by atoms with E-state index in [1.165, 1.54) is 0 Å². The van der Waals surface area contributed by atoms with Crippen LogP contribution in [0.1, 0.15) is 50.7 Å². The van der Waals surface area contributed by atoms with Gasteiger partial charge in [0.25, 0.3) is 0 Å². The third-order valence-corrected chi connectivity index (χ3v) is 4.77. The first kappa shape index (κ1) is 15.1. The molecule has 0 atom stereocenters. The molecule has 1 aromatic carbocycles. The van der Waals surface area contributed by atoms with E-state index in [1.807, 2.05) is 18.2 Å². The minimum atomic E-state index is -0.825. The van der Waals surface area contributed by atoms with E-state index in [1.54, 1.807) is 0 Å². The fourth-order valence-corrected chi connectivity index (χ4v) is 2.87. The molecule has 2 amide bonds. The van der Waals surface area contributed by atoms with Gasteiger partial charge in [0, 0.05) is 11.7 Å². The monoisotopic (exact) mass is 300 g/mol. The Labute approximate surface area is 131 Å². The van der Waals surface area contributed by atoms with E-state index in [0.29, 0.717) is 18.9 Å². The Morgan fingerprint density at radius 2 is 1.68 bits per heavy atom. The molecule has 2 N–H and O–H groups in total. The zero-order chi connectivity index (χ0) is 15.7. The van der Waals surface area contributed by atoms with Gasteiger partial charge in [0.1, 0.15) is 5.41 Å². The van der Waals surface area contributed by atoms with Crippen molar-refractivity contribution in [2.45, 2.75) is 58.4 Å². The maximum atomic E-state index is 12.7. The number of rotatable bonds is 6. The molecule has 0 unspecified atom stereocenters. The molecule has 22 heavy (non-hydrogen) atoms. The number of carbonyl (C=O) groups is 2. The molecule has 4 heteroatoms. The maximum Gasteiger partial charge on any atom is 0.240 e. The highest BCUT2D eigenvalue weighted by Crippen LogP contribution is 2.47. The second-order valence-electron chi connectivity index (χ2n) is 6.44. The predicted molar refractivity (Wildman–Crippen MR) is 86.7 cm³/mol. The second kappa shape index (κ2) is 5.75. The Balaban J connectivity index is 1.78. The number of hydrogen-bond acceptors (Lipinski definition) is 2. The van der Waals surface area contributed by atoms with E-state index in [-0.39, 0.29) is 11.8 Å². The van der Waals surface area contributed by atoms with Gasteiger partial charge in [-0.2, -0.15) is 0 Å². The Bertz CT molecular complexity index is 579. The van der Waals surface area contributed by atoms with Gasteiger partial charge in [0.2, 0.25) is 11.8 Å². The average Bonchev–Trinajstić information content (AvgIpc) is 3.41. The number of para-hydroxylation sites is 1. The van der Waals surface area contributed by atoms with Crippen LogP contribution in [0.2, 0.25) is 0 Å². The minimum Gasteiger partial charge on any atom is -0.352 e. The van der Waals surface area contributed by atoms with E-state index < -0.39 is 5.41 Å². The molecule has 0 radical (unpaired) electrons. The second-order valence-corrected chi connectivity index (χ2v) is 6.44. The van der Waals surface area contributed by atoms with E-state index >= 15 is 0 Å². The first-order valence-corrected chi connectivity index (χ1v) is 8.34. The van der Waals surface area contributed by atoms with E-state index in [4.69, 9.17) is 0 Å². The van der Waals surface area contributed by atoms with E-state index in [9.17, 15) is 9.59 Å². The highest BCUT2D eigenvalue weighted by Gasteiger charge is 2.57. The molecular weight excluding hydrogens is 276 g/mol. The van der Waals surface area contributed by atoms with Crippen molar-refractivity contribution in [3.05, 3.63) is 29.3 Å². The van der Waals surface area contributed by atoms with Crippen molar-refractivity contribution in [3.8, 4) is 0 Å². The highest BCUT2D eigenvalue weighted by atomic mass is 16.2. The summed E-state index contributed by atoms with van der Waals surface area (Å²) in [5.74, 6) is -0.222. The van der Waals surface area contributed by atoms with Crippen molar-refractivity contribution >= 4 is 17.5 Å². The summed E-state index contributed by atoms with van der Waals surface area (Å²) in [6.07, 6.45) is 5.14. The Morgan fingerprint density at radius 3 is 2.14 bits per heavy atom. The molecule has 2 aliphatic rings. The summed E-state index contributed by atoms with van der Waals surface area (Å²) in [6, 6.07) is 6.41. The van der Waals surface area contributed by atoms with Crippen molar-refractivity contribution in [3.63, 3.8) is 0 Å². The van der Waals surface area contributed by atoms with Crippen LogP contribution in [0.3, 0.4) is 0 Å². The van der Waals surface area contributed by atoms with Crippen molar-refractivity contribution < 1.29 is 9.59 Å². The number of hydrogen-bond donors (Lipinski definition) is 2. The van der Waals surface area contributed by atoms with Crippen LogP contribution in [-0.2, 0) is 22.4 Å². The lowest BCUT2D eigenvalue weighted by Gasteiger charge is -2.19. The summed E-state index contributed by atoms with van der Waals surface area (Å²) in [7, 11) is 0. The van der Waals surface area contributed by atoms with Gasteiger partial charge in [-0.3, -0.25) is 9.59 Å². The summed E-state index contributed by atoms with van der Waals surface area (Å²) in [5, 5.41) is 6.04. The van der Waals surface area contributed by atoms with Crippen molar-refractivity contribution in [1.82, 2.24) is 5.32 Å². The van der Waals surface area contributed by atoms with Crippen LogP contribution in [0.25, 0.3) is 0 Å². The summed E-state index contributed by atoms with van der Waals surface area (Å²) in [4.78, 5) is 25.1. The molecule has 0 spiro atoms. The topological polar surface area (TPSA) is 58.2 Å². The number of aryl methyl sites for hydroxylation is 2. The molecule has 1 aromatic rings. The molecular formula is C18H24N2O2. The van der Waals surface area contributed by atoms with Crippen molar-refractivity contribution in [2.24, 2.45) is 5.41 Å². The SMILES string of the molecule is CCc1cccc(CC)c1NC(=O)C1(C(=O)NC2CC2)CC1. The summed E-state index contributed by atoms with van der Waals surface area (Å²) in [5.41, 5.74) is 2.34. The van der Waals surface area contributed by atoms with Gasteiger partial charge in [0.15, 0.2) is 0 Å². The quantitative estimate of drug-likeness (QED) is 0.794. The fraction of sp³-hybridized carbons (Fsp3) is 0.556. The van der Waals surface area contributed by atoms with Crippen molar-refractivity contribution in [2.75, 3.05) is 5.32 Å². The zero-order valence-corrected chi connectivity index (χ0v) is 13.4. The third-order valence-electron chi connectivity index (χ3n) is 4.77. The van der Waals surface area contributed by atoms with Crippen LogP contribution in [0.15, 0.2) is 18.2 Å². The van der Waals surface area contributed by atoms with Gasteiger partial charge < -0.3 is 10.6 Å². The Kier molecular flexibility index (Phi) is 3.94. The number of nitrogens with one attached hydrogen (secondary N) is 2. The van der Waals surface area contributed by atoms with Crippen LogP contribution in [0.4, 0.5) is 5.69 Å². The van der Waals surface area contributed by atoms with Crippen LogP contribution in [0.5, 0.6) is 0 Å². The van der Waals surface area contributed by atoms with Crippen LogP contribution in [-0.4, -0.2) is 17.9 Å². The average molecular weight is 300 g/mol. The molecule has 2 aliphatic carbocycles. The maximum absolute atomic E-state index is 12.7. The molecule has 0 aliphatic heterocycles. The largest absolute Gasteiger partial charge is 0.352 e. The van der Waals surface area contributed by atoms with Gasteiger partial charge in [-0.15, -0.1) is 0 Å². The smallest absolute Gasteiger partial charge is 0.240 e. The molecule has 2 saturated carbocycles. The Hall–Kier alpha value is -1.84. The van der Waals surface area contributed by atoms with Gasteiger partial charge in [0.05, 0.1) is 0 Å². The molecule has 118 valence electrons. The van der Waals surface area contributed by atoms with Gasteiger partial charge in [-0.05, 0) is 49.7 Å². The zero-order valence-electron chi connectivity index (χ0n) is 13.4. The lowest BCUT2D eigenvalue weighted by molar-refractivity contribution is -0.134. The van der Waals surface area contributed by atoms with Gasteiger partial charge >= 0.3 is 0 Å². The summed E-state index contributed by atoms with van der Waals surface area (Å²) in [6.45, 7) is 4.16. The molecule has 2 fully saturated rings. The number of amides is 2. The van der Waals surface area contributed by atoms with Gasteiger partial charge in [-0.1, -0.05) is 32.0 Å². The molecule has 4 nitrogen and oxygen atoms in total. The van der Waals surface area contributed by atoms with Gasteiger partial charge in [-0.25, -0.2) is 0 Å². The van der Waals surface area contributed by atoms with Crippen LogP contribution >= 0.6 is 0 Å². The summed E-state index contributed by atoms with van der Waals surface area (Å²) < 4.78 is 0. The minimum absolute atomic E-state index is 0.0838. The predicted octanol–water partition coefficient (Wildman–Crippen LogP) is 2.81. The molecule has 0 bridgehead atoms. The number of benzene rings is 1. The molecule has 3 rings (SSSR count). The van der Waals surface area contributed by atoms with Crippen LogP contribution < -0.4 is 10.6 Å². The van der Waals surface area contributed by atoms with Crippen molar-refractivity contribution in [1.29, 1.82) is 0 Å². The highest BCUT2D eigenvalue weighted by molar-refractivity contribution is 6.13. The molecule has 0 saturated heterocycles. The number of carbonyl (C=O) groups excluding carboxylic acids is 2.